The Hall–Kier alpha value is -4.14. The molecule has 0 unspecified atom stereocenters. The van der Waals surface area contributed by atoms with Gasteiger partial charge in [0, 0.05) is 5.56 Å². The van der Waals surface area contributed by atoms with Crippen LogP contribution in [-0.2, 0) is 17.8 Å². The standard InChI is InChI=1S/C21H20N4O5/c1-12-2-6-14(7-3-12)21(29)25-20-18(19(22)28)23-16(24-20)11-30-15-8-4-13(5-9-15)10-17(26)27/h2-9H,10-11H2,1H3,(H2,22,28)(H,23,24)(H,25,29)(H,26,27). The molecule has 1 aromatic heterocycles. The van der Waals surface area contributed by atoms with Crippen LogP contribution in [0.2, 0.25) is 0 Å². The Labute approximate surface area is 171 Å². The number of H-pyrrole nitrogens is 1. The van der Waals surface area contributed by atoms with Crippen molar-refractivity contribution in [3.63, 3.8) is 0 Å². The summed E-state index contributed by atoms with van der Waals surface area (Å²) in [5.74, 6) is -1.26. The number of nitrogens with one attached hydrogen (secondary N) is 2. The number of amides is 2. The maximum absolute atomic E-state index is 12.4. The van der Waals surface area contributed by atoms with E-state index in [1.54, 1.807) is 48.5 Å². The van der Waals surface area contributed by atoms with Crippen molar-refractivity contribution < 1.29 is 24.2 Å². The van der Waals surface area contributed by atoms with Crippen LogP contribution >= 0.6 is 0 Å². The second kappa shape index (κ2) is 8.91. The van der Waals surface area contributed by atoms with Crippen molar-refractivity contribution in [1.82, 2.24) is 9.97 Å². The van der Waals surface area contributed by atoms with Crippen LogP contribution in [0.15, 0.2) is 48.5 Å². The molecule has 0 saturated carbocycles. The number of nitrogens with two attached hydrogens (primary N) is 1. The molecule has 9 nitrogen and oxygen atoms in total. The normalized spacial score (nSPS) is 10.4. The van der Waals surface area contributed by atoms with Gasteiger partial charge in [0.2, 0.25) is 0 Å². The summed E-state index contributed by atoms with van der Waals surface area (Å²) in [5.41, 5.74) is 7.34. The fourth-order valence-electron chi connectivity index (χ4n) is 2.68. The van der Waals surface area contributed by atoms with Crippen molar-refractivity contribution in [2.75, 3.05) is 5.32 Å². The summed E-state index contributed by atoms with van der Waals surface area (Å²) in [6.07, 6.45) is -0.0789. The first kappa shape index (κ1) is 20.6. The third-order valence-corrected chi connectivity index (χ3v) is 4.19. The van der Waals surface area contributed by atoms with Crippen LogP contribution in [0.25, 0.3) is 0 Å². The zero-order valence-electron chi connectivity index (χ0n) is 16.1. The zero-order valence-corrected chi connectivity index (χ0v) is 16.1. The topological polar surface area (TPSA) is 147 Å². The van der Waals surface area contributed by atoms with Gasteiger partial charge in [-0.2, -0.15) is 0 Å². The average Bonchev–Trinajstić information content (AvgIpc) is 3.10. The van der Waals surface area contributed by atoms with Crippen LogP contribution < -0.4 is 15.8 Å². The van der Waals surface area contributed by atoms with Crippen LogP contribution in [0.1, 0.15) is 37.8 Å². The predicted molar refractivity (Wildman–Crippen MR) is 108 cm³/mol. The lowest BCUT2D eigenvalue weighted by atomic mass is 10.1. The number of benzene rings is 2. The Morgan fingerprint density at radius 1 is 1.10 bits per heavy atom. The molecule has 0 fully saturated rings. The van der Waals surface area contributed by atoms with Crippen molar-refractivity contribution in [1.29, 1.82) is 0 Å². The molecule has 5 N–H and O–H groups in total. The lowest BCUT2D eigenvalue weighted by molar-refractivity contribution is -0.136. The number of hydrogen-bond acceptors (Lipinski definition) is 5. The SMILES string of the molecule is Cc1ccc(C(=O)Nc2[nH]c(COc3ccc(CC(=O)O)cc3)nc2C(N)=O)cc1. The summed E-state index contributed by atoms with van der Waals surface area (Å²) < 4.78 is 5.60. The minimum atomic E-state index is -0.918. The summed E-state index contributed by atoms with van der Waals surface area (Å²) >= 11 is 0. The molecule has 30 heavy (non-hydrogen) atoms. The fraction of sp³-hybridized carbons (Fsp3) is 0.143. The number of anilines is 1. The minimum absolute atomic E-state index is 0.0149. The second-order valence-electron chi connectivity index (χ2n) is 6.59. The van der Waals surface area contributed by atoms with Gasteiger partial charge in [-0.25, -0.2) is 4.98 Å². The molecule has 3 rings (SSSR count). The quantitative estimate of drug-likeness (QED) is 0.449. The first-order valence-electron chi connectivity index (χ1n) is 9.02. The largest absolute Gasteiger partial charge is 0.486 e. The van der Waals surface area contributed by atoms with Crippen molar-refractivity contribution in [3.8, 4) is 5.75 Å². The number of aryl methyl sites for hydroxylation is 1. The molecule has 0 aliphatic rings. The van der Waals surface area contributed by atoms with Crippen LogP contribution in [0.3, 0.4) is 0 Å². The average molecular weight is 408 g/mol. The molecule has 3 aromatic rings. The smallest absolute Gasteiger partial charge is 0.307 e. The second-order valence-corrected chi connectivity index (χ2v) is 6.59. The highest BCUT2D eigenvalue weighted by molar-refractivity contribution is 6.07. The third-order valence-electron chi connectivity index (χ3n) is 4.19. The summed E-state index contributed by atoms with van der Waals surface area (Å²) in [5, 5.41) is 11.4. The Morgan fingerprint density at radius 2 is 1.77 bits per heavy atom. The van der Waals surface area contributed by atoms with Crippen LogP contribution in [0.4, 0.5) is 5.82 Å². The van der Waals surface area contributed by atoms with E-state index in [2.05, 4.69) is 15.3 Å². The predicted octanol–water partition coefficient (Wildman–Crippen LogP) is 2.28. The maximum Gasteiger partial charge on any atom is 0.307 e. The third kappa shape index (κ3) is 5.22. The number of carboxylic acid groups (broad SMARTS) is 1. The Balaban J connectivity index is 1.69. The molecular weight excluding hydrogens is 388 g/mol. The molecule has 0 bridgehead atoms. The summed E-state index contributed by atoms with van der Waals surface area (Å²) in [7, 11) is 0. The van der Waals surface area contributed by atoms with Gasteiger partial charge in [0.05, 0.1) is 6.42 Å². The molecule has 2 amide bonds. The van der Waals surface area contributed by atoms with Crippen LogP contribution in [0.5, 0.6) is 5.75 Å². The molecule has 2 aromatic carbocycles. The number of nitrogens with zero attached hydrogens (tertiary/aromatic N) is 1. The molecule has 1 heterocycles. The number of carbonyl (C=O) groups excluding carboxylic acids is 2. The van der Waals surface area contributed by atoms with E-state index in [0.29, 0.717) is 16.9 Å². The Kier molecular flexibility index (Phi) is 6.11. The molecule has 9 heteroatoms. The number of ether oxygens (including phenoxy) is 1. The van der Waals surface area contributed by atoms with E-state index in [9.17, 15) is 14.4 Å². The molecule has 0 aliphatic heterocycles. The number of primary amides is 1. The van der Waals surface area contributed by atoms with Gasteiger partial charge in [0.15, 0.2) is 5.69 Å². The van der Waals surface area contributed by atoms with E-state index in [4.69, 9.17) is 15.6 Å². The number of aromatic nitrogens is 2. The van der Waals surface area contributed by atoms with Gasteiger partial charge in [-0.15, -0.1) is 0 Å². The molecule has 0 radical (unpaired) electrons. The number of carboxylic acids is 1. The number of carbonyl (C=O) groups is 3. The lowest BCUT2D eigenvalue weighted by Crippen LogP contribution is -2.18. The van der Waals surface area contributed by atoms with Crippen molar-refractivity contribution in [2.45, 2.75) is 20.0 Å². The number of imidazole rings is 1. The number of hydrogen-bond donors (Lipinski definition) is 4. The highest BCUT2D eigenvalue weighted by Crippen LogP contribution is 2.17. The zero-order chi connectivity index (χ0) is 21.7. The van der Waals surface area contributed by atoms with Gasteiger partial charge >= 0.3 is 5.97 Å². The minimum Gasteiger partial charge on any atom is -0.486 e. The highest BCUT2D eigenvalue weighted by atomic mass is 16.5. The van der Waals surface area contributed by atoms with Gasteiger partial charge in [0.25, 0.3) is 11.8 Å². The Bertz CT molecular complexity index is 1070. The van der Waals surface area contributed by atoms with Gasteiger partial charge in [-0.05, 0) is 36.8 Å². The van der Waals surface area contributed by atoms with E-state index in [1.807, 2.05) is 6.92 Å². The fourth-order valence-corrected chi connectivity index (χ4v) is 2.68. The van der Waals surface area contributed by atoms with Gasteiger partial charge in [-0.3, -0.25) is 14.4 Å². The summed E-state index contributed by atoms with van der Waals surface area (Å²) in [6, 6.07) is 13.5. The molecule has 0 saturated heterocycles. The number of aliphatic carboxylic acids is 1. The Morgan fingerprint density at radius 3 is 2.37 bits per heavy atom. The van der Waals surface area contributed by atoms with E-state index >= 15 is 0 Å². The van der Waals surface area contributed by atoms with Crippen LogP contribution in [-0.4, -0.2) is 32.9 Å². The van der Waals surface area contributed by atoms with Gasteiger partial charge < -0.3 is 25.9 Å². The van der Waals surface area contributed by atoms with Crippen molar-refractivity contribution in [2.24, 2.45) is 5.73 Å². The summed E-state index contributed by atoms with van der Waals surface area (Å²) in [4.78, 5) is 41.8. The molecule has 154 valence electrons. The number of aromatic amines is 1. The van der Waals surface area contributed by atoms with Crippen molar-refractivity contribution in [3.05, 3.63) is 76.7 Å². The van der Waals surface area contributed by atoms with E-state index in [-0.39, 0.29) is 30.4 Å². The molecular formula is C21H20N4O5. The van der Waals surface area contributed by atoms with Crippen molar-refractivity contribution >= 4 is 23.6 Å². The van der Waals surface area contributed by atoms with E-state index < -0.39 is 17.8 Å². The number of rotatable bonds is 8. The van der Waals surface area contributed by atoms with Crippen LogP contribution in [0, 0.1) is 6.92 Å². The lowest BCUT2D eigenvalue weighted by Gasteiger charge is -2.05. The van der Waals surface area contributed by atoms with E-state index in [0.717, 1.165) is 5.56 Å². The maximum atomic E-state index is 12.4. The van der Waals surface area contributed by atoms with Gasteiger partial charge in [-0.1, -0.05) is 29.8 Å². The molecule has 0 atom stereocenters. The molecule has 0 aliphatic carbocycles. The monoisotopic (exact) mass is 408 g/mol. The first-order valence-corrected chi connectivity index (χ1v) is 9.02. The van der Waals surface area contributed by atoms with E-state index in [1.165, 1.54) is 0 Å². The highest BCUT2D eigenvalue weighted by Gasteiger charge is 2.18. The summed E-state index contributed by atoms with van der Waals surface area (Å²) in [6.45, 7) is 1.90. The molecule has 0 spiro atoms. The first-order chi connectivity index (χ1) is 14.3. The van der Waals surface area contributed by atoms with Gasteiger partial charge in [0.1, 0.15) is 24.0 Å².